The Labute approximate surface area is 276 Å². The van der Waals surface area contributed by atoms with Gasteiger partial charge in [0.2, 0.25) is 11.8 Å². The molecule has 258 valence electrons. The van der Waals surface area contributed by atoms with E-state index in [1.165, 1.54) is 69.1 Å². The molecule has 1 heterocycles. The van der Waals surface area contributed by atoms with Crippen molar-refractivity contribution in [3.63, 3.8) is 0 Å². The first-order valence-corrected chi connectivity index (χ1v) is 18.4. The van der Waals surface area contributed by atoms with Crippen molar-refractivity contribution >= 4 is 12.1 Å². The summed E-state index contributed by atoms with van der Waals surface area (Å²) >= 11 is 0. The van der Waals surface area contributed by atoms with Gasteiger partial charge in [0.05, 0.1) is 0 Å². The van der Waals surface area contributed by atoms with Crippen molar-refractivity contribution in [1.29, 1.82) is 0 Å². The summed E-state index contributed by atoms with van der Waals surface area (Å²) in [5, 5.41) is 22.0. The normalized spacial score (nSPS) is 32.6. The summed E-state index contributed by atoms with van der Waals surface area (Å²) in [4.78, 5) is 29.6. The summed E-state index contributed by atoms with van der Waals surface area (Å²) < 4.78 is 6.60. The van der Waals surface area contributed by atoms with Gasteiger partial charge >= 0.3 is 12.1 Å². The minimum absolute atomic E-state index is 0.0661. The third-order valence-corrected chi connectivity index (χ3v) is 12.9. The van der Waals surface area contributed by atoms with Crippen LogP contribution in [0.4, 0.5) is 4.79 Å². The average Bonchev–Trinajstić information content (AvgIpc) is 3.52. The lowest BCUT2D eigenvalue weighted by atomic mass is 9.47. The van der Waals surface area contributed by atoms with Gasteiger partial charge in [0, 0.05) is 31.5 Å². The van der Waals surface area contributed by atoms with Crippen LogP contribution in [-0.4, -0.2) is 39.7 Å². The third kappa shape index (κ3) is 7.41. The van der Waals surface area contributed by atoms with Crippen LogP contribution < -0.4 is 10.2 Å². The van der Waals surface area contributed by atoms with Gasteiger partial charge in [0.1, 0.15) is 6.10 Å². The maximum atomic E-state index is 12.6. The minimum atomic E-state index is -0.543. The van der Waals surface area contributed by atoms with Gasteiger partial charge in [-0.05, 0) is 104 Å². The zero-order valence-electron chi connectivity index (χ0n) is 29.1. The first-order chi connectivity index (χ1) is 21.9. The van der Waals surface area contributed by atoms with Crippen LogP contribution in [0.2, 0.25) is 0 Å². The topological polar surface area (TPSA) is 110 Å². The van der Waals surface area contributed by atoms with Crippen LogP contribution in [0, 0.1) is 46.3 Å². The SMILES string of the molecule is CC(C)CCC[C@@H](C)[C@H]1CCC2C3CC=C4C[C@@H](OC(=O)NCCCCCC(=O)On5c(O)ccc5O)CC[C@]4(C)C3CC[C@@]21C. The lowest BCUT2D eigenvalue weighted by Gasteiger charge is -2.58. The van der Waals surface area contributed by atoms with Crippen LogP contribution in [0.3, 0.4) is 0 Å². The Kier molecular flexibility index (Phi) is 11.0. The molecule has 8 nitrogen and oxygen atoms in total. The molecule has 1 amide bonds. The van der Waals surface area contributed by atoms with E-state index in [1.807, 2.05) is 0 Å². The summed E-state index contributed by atoms with van der Waals surface area (Å²) in [6.07, 6.45) is 18.1. The monoisotopic (exact) mass is 640 g/mol. The summed E-state index contributed by atoms with van der Waals surface area (Å²) in [6.45, 7) is 12.9. The van der Waals surface area contributed by atoms with Gasteiger partial charge in [-0.2, -0.15) is 0 Å². The lowest BCUT2D eigenvalue weighted by molar-refractivity contribution is -0.145. The number of carbonyl (C=O) groups excluding carboxylic acids is 2. The first-order valence-electron chi connectivity index (χ1n) is 18.4. The van der Waals surface area contributed by atoms with E-state index in [2.05, 4.69) is 46.0 Å². The van der Waals surface area contributed by atoms with E-state index in [-0.39, 0.29) is 35.8 Å². The fourth-order valence-electron chi connectivity index (χ4n) is 10.4. The highest BCUT2D eigenvalue weighted by Gasteiger charge is 2.59. The number of allylic oxidation sites excluding steroid dienone is 1. The zero-order chi connectivity index (χ0) is 33.1. The Hall–Kier alpha value is -2.64. The molecule has 0 aromatic carbocycles. The highest BCUT2D eigenvalue weighted by molar-refractivity contribution is 5.70. The number of amides is 1. The predicted molar refractivity (Wildman–Crippen MR) is 179 cm³/mol. The van der Waals surface area contributed by atoms with Crippen molar-refractivity contribution in [1.82, 2.24) is 10.0 Å². The number of carbonyl (C=O) groups is 2. The highest BCUT2D eigenvalue weighted by Crippen LogP contribution is 2.67. The number of hydrogen-bond donors (Lipinski definition) is 3. The van der Waals surface area contributed by atoms with E-state index >= 15 is 0 Å². The zero-order valence-corrected chi connectivity index (χ0v) is 29.1. The molecular formula is C38H60N2O6. The molecule has 0 saturated heterocycles. The van der Waals surface area contributed by atoms with Gasteiger partial charge in [-0.3, -0.25) is 0 Å². The van der Waals surface area contributed by atoms with Crippen molar-refractivity contribution in [3.8, 4) is 11.8 Å². The second kappa shape index (κ2) is 14.6. The van der Waals surface area contributed by atoms with Crippen molar-refractivity contribution < 1.29 is 29.4 Å². The molecule has 3 saturated carbocycles. The molecule has 0 aliphatic heterocycles. The van der Waals surface area contributed by atoms with E-state index in [0.717, 1.165) is 67.6 Å². The van der Waals surface area contributed by atoms with Crippen LogP contribution in [0.25, 0.3) is 0 Å². The predicted octanol–water partition coefficient (Wildman–Crippen LogP) is 8.55. The number of ether oxygens (including phenoxy) is 1. The molecule has 0 spiro atoms. The smallest absolute Gasteiger partial charge is 0.407 e. The van der Waals surface area contributed by atoms with Crippen molar-refractivity contribution in [3.05, 3.63) is 23.8 Å². The Morgan fingerprint density at radius 3 is 2.46 bits per heavy atom. The van der Waals surface area contributed by atoms with Crippen LogP contribution in [-0.2, 0) is 9.53 Å². The number of nitrogens with zero attached hydrogens (tertiary/aromatic N) is 1. The molecule has 3 fully saturated rings. The van der Waals surface area contributed by atoms with Crippen LogP contribution >= 0.6 is 0 Å². The van der Waals surface area contributed by atoms with E-state index in [4.69, 9.17) is 9.57 Å². The number of aromatic nitrogens is 1. The van der Waals surface area contributed by atoms with Gasteiger partial charge in [-0.25, -0.2) is 9.59 Å². The van der Waals surface area contributed by atoms with E-state index < -0.39 is 5.97 Å². The maximum absolute atomic E-state index is 12.6. The molecule has 0 radical (unpaired) electrons. The van der Waals surface area contributed by atoms with Gasteiger partial charge in [-0.15, -0.1) is 4.73 Å². The Bertz CT molecular complexity index is 1220. The Balaban J connectivity index is 1.04. The molecule has 3 N–H and O–H groups in total. The van der Waals surface area contributed by atoms with E-state index in [0.29, 0.717) is 23.1 Å². The molecule has 3 unspecified atom stereocenters. The molecule has 4 aliphatic carbocycles. The quantitative estimate of drug-likeness (QED) is 0.147. The number of unbranched alkanes of at least 4 members (excludes halogenated alkanes) is 2. The van der Waals surface area contributed by atoms with Crippen LogP contribution in [0.1, 0.15) is 131 Å². The number of hydrogen-bond acceptors (Lipinski definition) is 6. The van der Waals surface area contributed by atoms with Gasteiger partial charge in [0.15, 0.2) is 0 Å². The van der Waals surface area contributed by atoms with Crippen LogP contribution in [0.15, 0.2) is 23.8 Å². The summed E-state index contributed by atoms with van der Waals surface area (Å²) in [5.41, 5.74) is 2.27. The molecule has 8 atom stereocenters. The van der Waals surface area contributed by atoms with Gasteiger partial charge in [0.25, 0.3) is 0 Å². The summed E-state index contributed by atoms with van der Waals surface area (Å²) in [7, 11) is 0. The summed E-state index contributed by atoms with van der Waals surface area (Å²) in [6, 6.07) is 2.49. The lowest BCUT2D eigenvalue weighted by Crippen LogP contribution is -2.51. The first kappa shape index (κ1) is 34.7. The second-order valence-corrected chi connectivity index (χ2v) is 16.1. The number of nitrogens with one attached hydrogen (secondary N) is 1. The van der Waals surface area contributed by atoms with Gasteiger partial charge < -0.3 is 25.1 Å². The molecule has 8 heteroatoms. The largest absolute Gasteiger partial charge is 0.492 e. The molecular weight excluding hydrogens is 580 g/mol. The highest BCUT2D eigenvalue weighted by atomic mass is 16.7. The van der Waals surface area contributed by atoms with Crippen molar-refractivity contribution in [2.24, 2.45) is 46.3 Å². The average molecular weight is 641 g/mol. The summed E-state index contributed by atoms with van der Waals surface area (Å²) in [5.74, 6) is 3.71. The standard InChI is InChI=1S/C38H60N2O6/c1-25(2)10-9-11-26(3)30-15-16-31-29-14-13-27-24-28(19-21-37(27,4)32(29)20-22-38(30,31)5)45-36(44)39-23-8-6-7-12-35(43)46-40-33(41)17-18-34(40)42/h13,17-18,25-26,28-32,41-42H,6-12,14-16,19-24H2,1-5H3,(H,39,44)/t26-,28+,29?,30-,31?,32?,37+,38-/m1/s1. The van der Waals surface area contributed by atoms with Gasteiger partial charge in [-0.1, -0.05) is 72.0 Å². The molecule has 1 aromatic rings. The Morgan fingerprint density at radius 1 is 0.957 bits per heavy atom. The molecule has 46 heavy (non-hydrogen) atoms. The minimum Gasteiger partial charge on any atom is -0.492 e. The van der Waals surface area contributed by atoms with E-state index in [9.17, 15) is 19.8 Å². The van der Waals surface area contributed by atoms with Crippen molar-refractivity contribution in [2.75, 3.05) is 6.54 Å². The number of fused-ring (bicyclic) bond motifs is 5. The molecule has 4 aliphatic rings. The molecule has 0 bridgehead atoms. The van der Waals surface area contributed by atoms with E-state index in [1.54, 1.807) is 0 Å². The maximum Gasteiger partial charge on any atom is 0.407 e. The number of aromatic hydroxyl groups is 2. The fraction of sp³-hybridized carbons (Fsp3) is 0.789. The third-order valence-electron chi connectivity index (χ3n) is 12.9. The molecule has 1 aromatic heterocycles. The Morgan fingerprint density at radius 2 is 1.72 bits per heavy atom. The fourth-order valence-corrected chi connectivity index (χ4v) is 10.4. The molecule has 5 rings (SSSR count). The number of rotatable bonds is 13. The van der Waals surface area contributed by atoms with Crippen molar-refractivity contribution in [2.45, 2.75) is 137 Å². The second-order valence-electron chi connectivity index (χ2n) is 16.1. The number of alkyl carbamates (subject to hydrolysis) is 1. The van der Waals surface area contributed by atoms with Crippen LogP contribution in [0.5, 0.6) is 11.8 Å².